The van der Waals surface area contributed by atoms with Crippen LogP contribution in [0.3, 0.4) is 0 Å². The average Bonchev–Trinajstić information content (AvgIpc) is 2.27. The fourth-order valence-corrected chi connectivity index (χ4v) is 1.65. The van der Waals surface area contributed by atoms with Crippen molar-refractivity contribution in [1.29, 1.82) is 0 Å². The minimum Gasteiger partial charge on any atom is -0.444 e. The van der Waals surface area contributed by atoms with Crippen molar-refractivity contribution >= 4 is 23.4 Å². The first-order chi connectivity index (χ1) is 8.81. The minimum atomic E-state index is -0.516. The second-order valence-electron chi connectivity index (χ2n) is 5.12. The highest BCUT2D eigenvalue weighted by Crippen LogP contribution is 2.25. The molecule has 0 unspecified atom stereocenters. The van der Waals surface area contributed by atoms with E-state index >= 15 is 0 Å². The number of rotatable bonds is 3. The fraction of sp³-hybridized carbons (Fsp3) is 0.400. The van der Waals surface area contributed by atoms with Crippen LogP contribution in [0, 0.1) is 12.3 Å². The molecule has 0 aliphatic carbocycles. The molecule has 4 heteroatoms. The molecule has 0 aliphatic heterocycles. The SMILES string of the molecule is C#CC[C@H](Cl)c1ccc(NC(=O)OC(C)(C)C)cc1. The third-order valence-corrected chi connectivity index (χ3v) is 2.62. The Balaban J connectivity index is 2.63. The Morgan fingerprint density at radius 2 is 2.00 bits per heavy atom. The van der Waals surface area contributed by atoms with Crippen molar-refractivity contribution < 1.29 is 9.53 Å². The Hall–Kier alpha value is -1.66. The Kier molecular flexibility index (Phi) is 5.26. The first kappa shape index (κ1) is 15.4. The maximum Gasteiger partial charge on any atom is 0.412 e. The van der Waals surface area contributed by atoms with Gasteiger partial charge < -0.3 is 4.74 Å². The van der Waals surface area contributed by atoms with E-state index in [4.69, 9.17) is 22.8 Å². The molecule has 0 spiro atoms. The Morgan fingerprint density at radius 1 is 1.42 bits per heavy atom. The number of hydrogen-bond donors (Lipinski definition) is 1. The van der Waals surface area contributed by atoms with Gasteiger partial charge in [-0.05, 0) is 38.5 Å². The molecule has 19 heavy (non-hydrogen) atoms. The van der Waals surface area contributed by atoms with E-state index in [0.29, 0.717) is 12.1 Å². The summed E-state index contributed by atoms with van der Waals surface area (Å²) in [7, 11) is 0. The summed E-state index contributed by atoms with van der Waals surface area (Å²) in [5, 5.41) is 2.44. The van der Waals surface area contributed by atoms with Gasteiger partial charge >= 0.3 is 6.09 Å². The minimum absolute atomic E-state index is 0.208. The number of halogens is 1. The zero-order valence-corrected chi connectivity index (χ0v) is 12.1. The summed E-state index contributed by atoms with van der Waals surface area (Å²) >= 11 is 6.10. The number of ether oxygens (including phenoxy) is 1. The molecule has 1 amide bonds. The Morgan fingerprint density at radius 3 is 2.47 bits per heavy atom. The molecular weight excluding hydrogens is 262 g/mol. The lowest BCUT2D eigenvalue weighted by atomic mass is 10.1. The van der Waals surface area contributed by atoms with Crippen LogP contribution >= 0.6 is 11.6 Å². The molecule has 0 radical (unpaired) electrons. The van der Waals surface area contributed by atoms with E-state index in [-0.39, 0.29) is 5.38 Å². The predicted molar refractivity (Wildman–Crippen MR) is 78.3 cm³/mol. The van der Waals surface area contributed by atoms with E-state index in [2.05, 4.69) is 11.2 Å². The monoisotopic (exact) mass is 279 g/mol. The van der Waals surface area contributed by atoms with Crippen molar-refractivity contribution in [2.45, 2.75) is 38.2 Å². The second kappa shape index (κ2) is 6.49. The van der Waals surface area contributed by atoms with Gasteiger partial charge in [0.15, 0.2) is 0 Å². The van der Waals surface area contributed by atoms with Gasteiger partial charge in [0.1, 0.15) is 5.60 Å². The lowest BCUT2D eigenvalue weighted by Crippen LogP contribution is -2.27. The molecule has 0 aliphatic rings. The van der Waals surface area contributed by atoms with Crippen LogP contribution in [0.25, 0.3) is 0 Å². The van der Waals surface area contributed by atoms with Crippen molar-refractivity contribution in [3.05, 3.63) is 29.8 Å². The molecule has 0 bridgehead atoms. The number of carbonyl (C=O) groups excluding carboxylic acids is 1. The van der Waals surface area contributed by atoms with Gasteiger partial charge in [-0.15, -0.1) is 23.9 Å². The molecule has 0 saturated heterocycles. The van der Waals surface area contributed by atoms with Crippen molar-refractivity contribution in [3.63, 3.8) is 0 Å². The lowest BCUT2D eigenvalue weighted by Gasteiger charge is -2.19. The van der Waals surface area contributed by atoms with Crippen molar-refractivity contribution in [2.24, 2.45) is 0 Å². The quantitative estimate of drug-likeness (QED) is 0.660. The van der Waals surface area contributed by atoms with E-state index in [0.717, 1.165) is 5.56 Å². The first-order valence-electron chi connectivity index (χ1n) is 5.99. The molecule has 102 valence electrons. The summed E-state index contributed by atoms with van der Waals surface area (Å²) in [6, 6.07) is 7.21. The molecule has 0 aromatic heterocycles. The topological polar surface area (TPSA) is 38.3 Å². The van der Waals surface area contributed by atoms with Crippen LogP contribution in [0.1, 0.15) is 38.1 Å². The summed E-state index contributed by atoms with van der Waals surface area (Å²) in [4.78, 5) is 11.6. The number of anilines is 1. The Bertz CT molecular complexity index is 468. The Labute approximate surface area is 119 Å². The standard InChI is InChI=1S/C15H18ClNO2/c1-5-6-13(16)11-7-9-12(10-8-11)17-14(18)19-15(2,3)4/h1,7-10,13H,6H2,2-4H3,(H,17,18)/t13-/m0/s1. The van der Waals surface area contributed by atoms with Crippen molar-refractivity contribution in [1.82, 2.24) is 0 Å². The molecule has 1 rings (SSSR count). The van der Waals surface area contributed by atoms with Crippen molar-refractivity contribution in [3.8, 4) is 12.3 Å². The van der Waals surface area contributed by atoms with E-state index in [9.17, 15) is 4.79 Å². The van der Waals surface area contributed by atoms with Gasteiger partial charge in [-0.1, -0.05) is 12.1 Å². The summed E-state index contributed by atoms with van der Waals surface area (Å²) in [5.74, 6) is 2.52. The predicted octanol–water partition coefficient (Wildman–Crippen LogP) is 4.34. The summed E-state index contributed by atoms with van der Waals surface area (Å²) in [6.45, 7) is 5.44. The van der Waals surface area contributed by atoms with Crippen LogP contribution in [0.15, 0.2) is 24.3 Å². The summed E-state index contributed by atoms with van der Waals surface area (Å²) < 4.78 is 5.16. The van der Waals surface area contributed by atoms with Crippen LogP contribution in [-0.4, -0.2) is 11.7 Å². The van der Waals surface area contributed by atoms with Gasteiger partial charge in [0.2, 0.25) is 0 Å². The highest BCUT2D eigenvalue weighted by atomic mass is 35.5. The zero-order chi connectivity index (χ0) is 14.5. The number of terminal acetylenes is 1. The van der Waals surface area contributed by atoms with Gasteiger partial charge in [-0.25, -0.2) is 4.79 Å². The molecule has 3 nitrogen and oxygen atoms in total. The van der Waals surface area contributed by atoms with Gasteiger partial charge in [0.25, 0.3) is 0 Å². The van der Waals surface area contributed by atoms with Crippen LogP contribution in [0.5, 0.6) is 0 Å². The largest absolute Gasteiger partial charge is 0.444 e. The molecule has 0 heterocycles. The summed E-state index contributed by atoms with van der Waals surface area (Å²) in [6.07, 6.45) is 5.21. The van der Waals surface area contributed by atoms with E-state index in [1.165, 1.54) is 0 Å². The molecule has 1 aromatic rings. The van der Waals surface area contributed by atoms with Gasteiger partial charge in [-0.2, -0.15) is 0 Å². The normalized spacial score (nSPS) is 12.4. The second-order valence-corrected chi connectivity index (χ2v) is 5.65. The molecule has 0 saturated carbocycles. The molecule has 1 atom stereocenters. The average molecular weight is 280 g/mol. The highest BCUT2D eigenvalue weighted by molar-refractivity contribution is 6.20. The maximum absolute atomic E-state index is 11.6. The van der Waals surface area contributed by atoms with E-state index < -0.39 is 11.7 Å². The van der Waals surface area contributed by atoms with Crippen LogP contribution in [-0.2, 0) is 4.74 Å². The third kappa shape index (κ3) is 5.67. The number of benzene rings is 1. The smallest absolute Gasteiger partial charge is 0.412 e. The van der Waals surface area contributed by atoms with Gasteiger partial charge in [0.05, 0.1) is 5.38 Å². The third-order valence-electron chi connectivity index (χ3n) is 2.21. The highest BCUT2D eigenvalue weighted by Gasteiger charge is 2.16. The lowest BCUT2D eigenvalue weighted by molar-refractivity contribution is 0.0636. The number of nitrogens with one attached hydrogen (secondary N) is 1. The number of carbonyl (C=O) groups is 1. The molecular formula is C15H18ClNO2. The number of hydrogen-bond acceptors (Lipinski definition) is 2. The molecule has 0 fully saturated rings. The van der Waals surface area contributed by atoms with Crippen LogP contribution < -0.4 is 5.32 Å². The summed E-state index contributed by atoms with van der Waals surface area (Å²) in [5.41, 5.74) is 1.06. The molecule has 1 aromatic carbocycles. The van der Waals surface area contributed by atoms with E-state index in [1.807, 2.05) is 32.9 Å². The number of alkyl halides is 1. The van der Waals surface area contributed by atoms with Gasteiger partial charge in [-0.3, -0.25) is 5.32 Å². The van der Waals surface area contributed by atoms with Crippen LogP contribution in [0.2, 0.25) is 0 Å². The van der Waals surface area contributed by atoms with Gasteiger partial charge in [0, 0.05) is 12.1 Å². The van der Waals surface area contributed by atoms with Crippen molar-refractivity contribution in [2.75, 3.05) is 5.32 Å². The maximum atomic E-state index is 11.6. The molecule has 1 N–H and O–H groups in total. The number of amides is 1. The van der Waals surface area contributed by atoms with E-state index in [1.54, 1.807) is 12.1 Å². The zero-order valence-electron chi connectivity index (χ0n) is 11.4. The fourth-order valence-electron chi connectivity index (χ4n) is 1.42. The van der Waals surface area contributed by atoms with Crippen LogP contribution in [0.4, 0.5) is 10.5 Å². The first-order valence-corrected chi connectivity index (χ1v) is 6.43.